The molecular formula is C126H78N12O3. The molecule has 9 aromatic heterocycles. The molecule has 0 fully saturated rings. The smallest absolute Gasteiger partial charge is 0.164 e. The number of hydrogen-bond acceptors (Lipinski definition) is 15. The minimum atomic E-state index is 0.625. The van der Waals surface area contributed by atoms with Crippen molar-refractivity contribution in [3.8, 4) is 169 Å². The third kappa shape index (κ3) is 16.3. The van der Waals surface area contributed by atoms with Crippen LogP contribution in [-0.4, -0.2) is 59.8 Å². The lowest BCUT2D eigenvalue weighted by Gasteiger charge is -2.10. The van der Waals surface area contributed by atoms with E-state index in [1.807, 2.05) is 249 Å². The summed E-state index contributed by atoms with van der Waals surface area (Å²) in [5.41, 5.74) is 27.5. The molecule has 18 aromatic carbocycles. The molecule has 0 atom stereocenters. The maximum Gasteiger partial charge on any atom is 0.164 e. The molecule has 0 spiro atoms. The minimum absolute atomic E-state index is 0.625. The summed E-state index contributed by atoms with van der Waals surface area (Å²) < 4.78 is 20.0. The predicted octanol–water partition coefficient (Wildman–Crippen LogP) is 32.0. The van der Waals surface area contributed by atoms with Crippen LogP contribution in [-0.2, 0) is 0 Å². The molecule has 0 amide bonds. The van der Waals surface area contributed by atoms with Gasteiger partial charge in [0, 0.05) is 146 Å². The van der Waals surface area contributed by atoms with Crippen molar-refractivity contribution in [1.82, 2.24) is 59.8 Å². The molecule has 0 bridgehead atoms. The molecule has 0 radical (unpaired) electrons. The van der Waals surface area contributed by atoms with Gasteiger partial charge in [0.15, 0.2) is 52.4 Å². The molecule has 0 saturated heterocycles. The van der Waals surface area contributed by atoms with Crippen molar-refractivity contribution in [1.29, 1.82) is 0 Å². The van der Waals surface area contributed by atoms with Gasteiger partial charge in [-0.05, 0) is 134 Å². The van der Waals surface area contributed by atoms with Gasteiger partial charge in [0.1, 0.15) is 33.5 Å². The third-order valence-electron chi connectivity index (χ3n) is 25.8. The first kappa shape index (κ1) is 83.4. The van der Waals surface area contributed by atoms with E-state index in [0.29, 0.717) is 52.4 Å². The molecule has 141 heavy (non-hydrogen) atoms. The first-order chi connectivity index (χ1) is 69.8. The first-order valence-electron chi connectivity index (χ1n) is 46.6. The monoisotopic (exact) mass is 1810 g/mol. The van der Waals surface area contributed by atoms with Crippen molar-refractivity contribution >= 4 is 98.3 Å². The van der Waals surface area contributed by atoms with Crippen LogP contribution in [0.4, 0.5) is 0 Å². The fourth-order valence-electron chi connectivity index (χ4n) is 18.8. The molecule has 9 heterocycles. The van der Waals surface area contributed by atoms with Crippen LogP contribution in [0.2, 0.25) is 0 Å². The van der Waals surface area contributed by atoms with E-state index in [-0.39, 0.29) is 0 Å². The molecule has 0 N–H and O–H groups in total. The summed E-state index contributed by atoms with van der Waals surface area (Å²) in [6.07, 6.45) is 9.27. The highest BCUT2D eigenvalue weighted by atomic mass is 16.3. The number of fused-ring (bicyclic) bond motifs is 12. The molecule has 0 aliphatic carbocycles. The molecule has 27 aromatic rings. The number of pyridine rings is 3. The number of rotatable bonds is 15. The Morgan fingerprint density at radius 3 is 0.674 bits per heavy atom. The molecule has 0 unspecified atom stereocenters. The zero-order chi connectivity index (χ0) is 93.5. The molecule has 15 heteroatoms. The van der Waals surface area contributed by atoms with Crippen molar-refractivity contribution in [3.05, 3.63) is 474 Å². The number of aromatic nitrogens is 12. The van der Waals surface area contributed by atoms with Crippen LogP contribution in [0.25, 0.3) is 268 Å². The summed E-state index contributed by atoms with van der Waals surface area (Å²) in [6.45, 7) is 0. The lowest BCUT2D eigenvalue weighted by Crippen LogP contribution is -2.00. The zero-order valence-corrected chi connectivity index (χ0v) is 75.6. The van der Waals surface area contributed by atoms with Crippen LogP contribution in [0.3, 0.4) is 0 Å². The summed E-state index contributed by atoms with van der Waals surface area (Å²) in [5, 5.41) is 11.8. The van der Waals surface area contributed by atoms with E-state index >= 15 is 0 Å². The van der Waals surface area contributed by atoms with Gasteiger partial charge in [-0.25, -0.2) is 44.9 Å². The van der Waals surface area contributed by atoms with E-state index in [1.165, 1.54) is 0 Å². The van der Waals surface area contributed by atoms with Crippen LogP contribution < -0.4 is 0 Å². The van der Waals surface area contributed by atoms with Gasteiger partial charge in [0.05, 0.1) is 5.52 Å². The van der Waals surface area contributed by atoms with Gasteiger partial charge in [-0.1, -0.05) is 370 Å². The summed E-state index contributed by atoms with van der Waals surface area (Å²) >= 11 is 0. The highest BCUT2D eigenvalue weighted by molar-refractivity contribution is 6.22. The molecule has 0 aliphatic rings. The maximum absolute atomic E-state index is 6.66. The third-order valence-corrected chi connectivity index (χ3v) is 25.8. The van der Waals surface area contributed by atoms with E-state index in [4.69, 9.17) is 58.1 Å². The van der Waals surface area contributed by atoms with Crippen LogP contribution in [0.15, 0.2) is 487 Å². The minimum Gasteiger partial charge on any atom is -0.455 e. The Hall–Kier alpha value is -19.4. The lowest BCUT2D eigenvalue weighted by molar-refractivity contribution is 0.670. The molecule has 15 nitrogen and oxygen atoms in total. The van der Waals surface area contributed by atoms with Gasteiger partial charge in [0.25, 0.3) is 0 Å². The topological polar surface area (TPSA) is 194 Å². The molecule has 0 saturated carbocycles. The Labute approximate surface area is 809 Å². The molecule has 27 rings (SSSR count). The predicted molar refractivity (Wildman–Crippen MR) is 569 cm³/mol. The van der Waals surface area contributed by atoms with Gasteiger partial charge in [-0.15, -0.1) is 0 Å². The number of furan rings is 3. The SMILES string of the molecule is c1ccc(-c2nc(-c3ccccc3)nc(-c3ccc(-c4ccc(-c5ccccc5)c5oc6cc7cccnc7cc6c45)cc3)n2)cc1.c1ccc(-c2nc(-c3ccccc3)nc(-c3ccc(-c4ccc(-c5ccccc5)c5oc6cc7ccncc7cc6c45)cc3)n2)cc1.c1ccc(-c2nc(-c3ccccc3)nc(-c3ccc(-c4ccc(-c5ccccc5)c5oc6cc7cnccc7cc6c45)cc3)n2)cc1. The fraction of sp³-hybridized carbons (Fsp3) is 0. The quantitative estimate of drug-likeness (QED) is 0.0940. The number of hydrogen-bond donors (Lipinski definition) is 0. The van der Waals surface area contributed by atoms with E-state index in [2.05, 4.69) is 239 Å². The standard InChI is InChI=1S/3C42H26N4O/c1-4-11-27(12-5-1)34-23-22-33(38-35-26-36-32(17-10-24-43-36)25-37(35)47-39(34)38)28-18-20-31(21-19-28)42-45-40(29-13-6-2-7-14-29)44-41(46-42)30-15-8-3-9-16-30;1-4-10-27(11-5-1)35-21-20-34(38-36-24-33-26-43-23-22-32(33)25-37(36)47-39(35)38)28-16-18-31(19-17-28)42-45-40(29-12-6-2-7-13-29)44-41(46-42)30-14-8-3-9-15-30;1-4-10-27(11-5-1)35-21-20-34(38-36-24-32-22-23-43-26-33(32)25-37(36)47-39(35)38)28-16-18-31(19-17-28)42-45-40(29-12-6-2-7-13-29)44-41(46-42)30-14-8-3-9-15-30/h3*1-26H. The van der Waals surface area contributed by atoms with Crippen molar-refractivity contribution in [2.75, 3.05) is 0 Å². The van der Waals surface area contributed by atoms with Crippen LogP contribution >= 0.6 is 0 Å². The van der Waals surface area contributed by atoms with Crippen molar-refractivity contribution in [2.45, 2.75) is 0 Å². The van der Waals surface area contributed by atoms with E-state index in [9.17, 15) is 0 Å². The van der Waals surface area contributed by atoms with Gasteiger partial charge in [-0.3, -0.25) is 15.0 Å². The van der Waals surface area contributed by atoms with E-state index in [1.54, 1.807) is 0 Å². The van der Waals surface area contributed by atoms with Crippen molar-refractivity contribution in [3.63, 3.8) is 0 Å². The molecular weight excluding hydrogens is 1730 g/mol. The maximum atomic E-state index is 6.66. The zero-order valence-electron chi connectivity index (χ0n) is 75.6. The normalized spacial score (nSPS) is 11.4. The van der Waals surface area contributed by atoms with Crippen molar-refractivity contribution in [2.24, 2.45) is 0 Å². The largest absolute Gasteiger partial charge is 0.455 e. The summed E-state index contributed by atoms with van der Waals surface area (Å²) in [5.74, 6) is 5.73. The van der Waals surface area contributed by atoms with Crippen LogP contribution in [0.5, 0.6) is 0 Å². The van der Waals surface area contributed by atoms with Gasteiger partial charge < -0.3 is 13.3 Å². The van der Waals surface area contributed by atoms with Gasteiger partial charge in [-0.2, -0.15) is 0 Å². The van der Waals surface area contributed by atoms with E-state index < -0.39 is 0 Å². The average Bonchev–Trinajstić information content (AvgIpc) is 1.61. The Morgan fingerprint density at radius 2 is 0.376 bits per heavy atom. The van der Waals surface area contributed by atoms with Gasteiger partial charge >= 0.3 is 0 Å². The summed E-state index contributed by atoms with van der Waals surface area (Å²) in [7, 11) is 0. The second kappa shape index (κ2) is 36.4. The highest BCUT2D eigenvalue weighted by Crippen LogP contribution is 2.48. The fourth-order valence-corrected chi connectivity index (χ4v) is 18.8. The second-order valence-corrected chi connectivity index (χ2v) is 34.5. The van der Waals surface area contributed by atoms with Crippen molar-refractivity contribution < 1.29 is 13.3 Å². The summed E-state index contributed by atoms with van der Waals surface area (Å²) in [4.78, 5) is 57.4. The molecule has 0 aliphatic heterocycles. The lowest BCUT2D eigenvalue weighted by atomic mass is 9.94. The second-order valence-electron chi connectivity index (χ2n) is 34.5. The Bertz CT molecular complexity index is 8320. The highest BCUT2D eigenvalue weighted by Gasteiger charge is 2.26. The van der Waals surface area contributed by atoms with Crippen LogP contribution in [0.1, 0.15) is 0 Å². The van der Waals surface area contributed by atoms with E-state index in [0.717, 1.165) is 215 Å². The first-order valence-corrected chi connectivity index (χ1v) is 46.6. The van der Waals surface area contributed by atoms with Crippen LogP contribution in [0, 0.1) is 0 Å². The van der Waals surface area contributed by atoms with Gasteiger partial charge in [0.2, 0.25) is 0 Å². The molecule has 660 valence electrons. The number of benzene rings is 18. The Kier molecular flexibility index (Phi) is 21.6. The number of nitrogens with zero attached hydrogens (tertiary/aromatic N) is 12. The Balaban J connectivity index is 0.000000111. The average molecular weight is 1810 g/mol. The summed E-state index contributed by atoms with van der Waals surface area (Å²) in [6, 6.07) is 151. The Morgan fingerprint density at radius 1 is 0.156 bits per heavy atom.